The minimum atomic E-state index is 0.590. The van der Waals surface area contributed by atoms with Gasteiger partial charge in [-0.2, -0.15) is 0 Å². The van der Waals surface area contributed by atoms with Gasteiger partial charge in [0, 0.05) is 24.3 Å². The first kappa shape index (κ1) is 10.2. The molecule has 1 aromatic heterocycles. The summed E-state index contributed by atoms with van der Waals surface area (Å²) in [5, 5.41) is 4.79. The molecule has 2 N–H and O–H groups in total. The van der Waals surface area contributed by atoms with Crippen LogP contribution in [0, 0.1) is 0 Å². The van der Waals surface area contributed by atoms with Gasteiger partial charge in [0.05, 0.1) is 0 Å². The summed E-state index contributed by atoms with van der Waals surface area (Å²) >= 11 is 0. The fourth-order valence-electron chi connectivity index (χ4n) is 1.65. The first-order chi connectivity index (χ1) is 7.29. The van der Waals surface area contributed by atoms with E-state index in [4.69, 9.17) is 0 Å². The van der Waals surface area contributed by atoms with Crippen LogP contribution in [0.1, 0.15) is 25.8 Å². The minimum absolute atomic E-state index is 0.590. The SMILES string of the molecule is CCC(C)NCc1ccc2[nH]ccc2c1. The molecule has 0 aliphatic heterocycles. The molecule has 0 aliphatic carbocycles. The molecule has 0 spiro atoms. The predicted molar refractivity (Wildman–Crippen MR) is 64.9 cm³/mol. The van der Waals surface area contributed by atoms with Crippen molar-refractivity contribution in [2.45, 2.75) is 32.9 Å². The lowest BCUT2D eigenvalue weighted by molar-refractivity contribution is 0.534. The van der Waals surface area contributed by atoms with Crippen molar-refractivity contribution < 1.29 is 0 Å². The summed E-state index contributed by atoms with van der Waals surface area (Å²) in [5.74, 6) is 0. The van der Waals surface area contributed by atoms with E-state index >= 15 is 0 Å². The summed E-state index contributed by atoms with van der Waals surface area (Å²) in [6.07, 6.45) is 3.16. The summed E-state index contributed by atoms with van der Waals surface area (Å²) in [5.41, 5.74) is 2.56. The molecule has 2 nitrogen and oxygen atoms in total. The highest BCUT2D eigenvalue weighted by molar-refractivity contribution is 5.79. The summed E-state index contributed by atoms with van der Waals surface area (Å²) in [6.45, 7) is 5.37. The van der Waals surface area contributed by atoms with E-state index in [1.54, 1.807) is 0 Å². The minimum Gasteiger partial charge on any atom is -0.361 e. The fourth-order valence-corrected chi connectivity index (χ4v) is 1.65. The Labute approximate surface area is 90.7 Å². The van der Waals surface area contributed by atoms with Gasteiger partial charge in [-0.3, -0.25) is 0 Å². The van der Waals surface area contributed by atoms with E-state index in [1.807, 2.05) is 6.20 Å². The molecule has 0 bridgehead atoms. The zero-order chi connectivity index (χ0) is 10.7. The molecular formula is C13H18N2. The Balaban J connectivity index is 2.08. The lowest BCUT2D eigenvalue weighted by Crippen LogP contribution is -2.24. The van der Waals surface area contributed by atoms with Crippen LogP contribution in [0.2, 0.25) is 0 Å². The van der Waals surface area contributed by atoms with Crippen LogP contribution in [0.5, 0.6) is 0 Å². The van der Waals surface area contributed by atoms with Gasteiger partial charge in [0.25, 0.3) is 0 Å². The van der Waals surface area contributed by atoms with E-state index in [9.17, 15) is 0 Å². The van der Waals surface area contributed by atoms with Crippen molar-refractivity contribution in [3.63, 3.8) is 0 Å². The van der Waals surface area contributed by atoms with Crippen LogP contribution in [0.4, 0.5) is 0 Å². The van der Waals surface area contributed by atoms with Gasteiger partial charge in [-0.1, -0.05) is 13.0 Å². The molecule has 15 heavy (non-hydrogen) atoms. The van der Waals surface area contributed by atoms with Gasteiger partial charge in [-0.15, -0.1) is 0 Å². The molecule has 2 rings (SSSR count). The summed E-state index contributed by atoms with van der Waals surface area (Å²) in [7, 11) is 0. The molecule has 0 saturated carbocycles. The Hall–Kier alpha value is -1.28. The van der Waals surface area contributed by atoms with E-state index in [-0.39, 0.29) is 0 Å². The van der Waals surface area contributed by atoms with Crippen molar-refractivity contribution >= 4 is 10.9 Å². The smallest absolute Gasteiger partial charge is 0.0454 e. The van der Waals surface area contributed by atoms with Crippen molar-refractivity contribution in [2.75, 3.05) is 0 Å². The van der Waals surface area contributed by atoms with E-state index in [0.717, 1.165) is 6.54 Å². The predicted octanol–water partition coefficient (Wildman–Crippen LogP) is 3.06. The Bertz CT molecular complexity index is 431. The van der Waals surface area contributed by atoms with Gasteiger partial charge in [-0.05, 0) is 42.5 Å². The number of fused-ring (bicyclic) bond motifs is 1. The number of aromatic amines is 1. The Morgan fingerprint density at radius 3 is 3.00 bits per heavy atom. The van der Waals surface area contributed by atoms with Crippen molar-refractivity contribution in [1.29, 1.82) is 0 Å². The third kappa shape index (κ3) is 2.39. The number of aromatic nitrogens is 1. The summed E-state index contributed by atoms with van der Waals surface area (Å²) < 4.78 is 0. The molecule has 1 aromatic carbocycles. The van der Waals surface area contributed by atoms with Crippen LogP contribution in [0.3, 0.4) is 0 Å². The first-order valence-corrected chi connectivity index (χ1v) is 5.59. The lowest BCUT2D eigenvalue weighted by Gasteiger charge is -2.11. The molecule has 80 valence electrons. The highest BCUT2D eigenvalue weighted by Crippen LogP contribution is 2.14. The maximum Gasteiger partial charge on any atom is 0.0454 e. The van der Waals surface area contributed by atoms with E-state index in [1.165, 1.54) is 22.9 Å². The fraction of sp³-hybridized carbons (Fsp3) is 0.385. The number of rotatable bonds is 4. The number of hydrogen-bond donors (Lipinski definition) is 2. The standard InChI is InChI=1S/C13H18N2/c1-3-10(2)15-9-11-4-5-13-12(8-11)6-7-14-13/h4-8,10,14-15H,3,9H2,1-2H3. The topological polar surface area (TPSA) is 27.8 Å². The molecule has 1 atom stereocenters. The highest BCUT2D eigenvalue weighted by atomic mass is 14.9. The van der Waals surface area contributed by atoms with Gasteiger partial charge >= 0.3 is 0 Å². The van der Waals surface area contributed by atoms with E-state index in [2.05, 4.69) is 48.4 Å². The third-order valence-electron chi connectivity index (χ3n) is 2.88. The van der Waals surface area contributed by atoms with Crippen molar-refractivity contribution in [3.8, 4) is 0 Å². The molecule has 0 fully saturated rings. The highest BCUT2D eigenvalue weighted by Gasteiger charge is 1.99. The third-order valence-corrected chi connectivity index (χ3v) is 2.88. The molecule has 2 aromatic rings. The van der Waals surface area contributed by atoms with Gasteiger partial charge < -0.3 is 10.3 Å². The average Bonchev–Trinajstić information content (AvgIpc) is 2.72. The molecule has 0 amide bonds. The largest absolute Gasteiger partial charge is 0.361 e. The number of H-pyrrole nitrogens is 1. The Morgan fingerprint density at radius 1 is 1.33 bits per heavy atom. The maximum atomic E-state index is 3.50. The number of nitrogens with one attached hydrogen (secondary N) is 2. The van der Waals surface area contributed by atoms with Gasteiger partial charge in [0.15, 0.2) is 0 Å². The van der Waals surface area contributed by atoms with E-state index in [0.29, 0.717) is 6.04 Å². The lowest BCUT2D eigenvalue weighted by atomic mass is 10.1. The van der Waals surface area contributed by atoms with Crippen LogP contribution in [-0.4, -0.2) is 11.0 Å². The van der Waals surface area contributed by atoms with Crippen LogP contribution >= 0.6 is 0 Å². The van der Waals surface area contributed by atoms with Gasteiger partial charge in [0.1, 0.15) is 0 Å². The van der Waals surface area contributed by atoms with Crippen LogP contribution in [-0.2, 0) is 6.54 Å². The molecular weight excluding hydrogens is 184 g/mol. The second-order valence-electron chi connectivity index (χ2n) is 4.09. The quantitative estimate of drug-likeness (QED) is 0.783. The van der Waals surface area contributed by atoms with Crippen molar-refractivity contribution in [2.24, 2.45) is 0 Å². The number of hydrogen-bond acceptors (Lipinski definition) is 1. The Morgan fingerprint density at radius 2 is 2.20 bits per heavy atom. The van der Waals surface area contributed by atoms with Crippen LogP contribution in [0.25, 0.3) is 10.9 Å². The molecule has 0 saturated heterocycles. The summed E-state index contributed by atoms with van der Waals surface area (Å²) in [4.78, 5) is 3.20. The number of benzene rings is 1. The molecule has 2 heteroatoms. The Kier molecular flexibility index (Phi) is 3.07. The second kappa shape index (κ2) is 4.49. The average molecular weight is 202 g/mol. The molecule has 0 aliphatic rings. The monoisotopic (exact) mass is 202 g/mol. The summed E-state index contributed by atoms with van der Waals surface area (Å²) in [6, 6.07) is 9.26. The normalized spacial score (nSPS) is 13.2. The molecule has 0 radical (unpaired) electrons. The van der Waals surface area contributed by atoms with Crippen LogP contribution in [0.15, 0.2) is 30.5 Å². The first-order valence-electron chi connectivity index (χ1n) is 5.59. The molecule has 1 heterocycles. The maximum absolute atomic E-state index is 3.50. The van der Waals surface area contributed by atoms with Crippen molar-refractivity contribution in [3.05, 3.63) is 36.0 Å². The molecule has 1 unspecified atom stereocenters. The van der Waals surface area contributed by atoms with E-state index < -0.39 is 0 Å². The zero-order valence-electron chi connectivity index (χ0n) is 9.38. The van der Waals surface area contributed by atoms with Crippen molar-refractivity contribution in [1.82, 2.24) is 10.3 Å². The van der Waals surface area contributed by atoms with Gasteiger partial charge in [-0.25, -0.2) is 0 Å². The van der Waals surface area contributed by atoms with Gasteiger partial charge in [0.2, 0.25) is 0 Å². The second-order valence-corrected chi connectivity index (χ2v) is 4.09. The van der Waals surface area contributed by atoms with Crippen LogP contribution < -0.4 is 5.32 Å². The zero-order valence-corrected chi connectivity index (χ0v) is 9.38.